The number of nitrogens with zero attached hydrogens (tertiary/aromatic N) is 4. The van der Waals surface area contributed by atoms with E-state index in [0.29, 0.717) is 54.5 Å². The van der Waals surface area contributed by atoms with Crippen molar-refractivity contribution in [2.45, 2.75) is 52.9 Å². The Labute approximate surface area is 232 Å². The number of oxime groups is 1. The van der Waals surface area contributed by atoms with E-state index in [2.05, 4.69) is 16.7 Å². The van der Waals surface area contributed by atoms with Gasteiger partial charge in [0.1, 0.15) is 23.3 Å². The fraction of sp³-hybridized carbons (Fsp3) is 0.355. The number of hydrogen-bond donors (Lipinski definition) is 0. The average molecular weight is 551 g/mol. The molecule has 2 heterocycles. The van der Waals surface area contributed by atoms with E-state index in [9.17, 15) is 18.0 Å². The highest BCUT2D eigenvalue weighted by atomic mass is 19.1. The summed E-state index contributed by atoms with van der Waals surface area (Å²) in [4.78, 5) is 29.5. The van der Waals surface area contributed by atoms with Crippen LogP contribution in [-0.4, -0.2) is 39.6 Å². The van der Waals surface area contributed by atoms with E-state index in [4.69, 9.17) is 9.82 Å². The lowest BCUT2D eigenvalue weighted by atomic mass is 9.89. The molecular weight excluding hydrogens is 517 g/mol. The summed E-state index contributed by atoms with van der Waals surface area (Å²) in [5.41, 5.74) is 3.30. The third-order valence-electron chi connectivity index (χ3n) is 7.07. The molecule has 0 saturated carbocycles. The second kappa shape index (κ2) is 12.4. The maximum absolute atomic E-state index is 14.1. The summed E-state index contributed by atoms with van der Waals surface area (Å²) in [5, 5.41) is 4.36. The van der Waals surface area contributed by atoms with Gasteiger partial charge >= 0.3 is 0 Å². The van der Waals surface area contributed by atoms with Crippen LogP contribution >= 0.6 is 0 Å². The molecular formula is C31H33F3N4O2. The summed E-state index contributed by atoms with van der Waals surface area (Å²) < 4.78 is 41.5. The topological polar surface area (TPSA) is 67.7 Å². The van der Waals surface area contributed by atoms with E-state index >= 15 is 0 Å². The van der Waals surface area contributed by atoms with Crippen LogP contribution in [0.5, 0.6) is 0 Å². The molecule has 0 unspecified atom stereocenters. The molecule has 3 aromatic rings. The molecule has 210 valence electrons. The molecule has 0 atom stereocenters. The van der Waals surface area contributed by atoms with Crippen LogP contribution in [0.3, 0.4) is 0 Å². The van der Waals surface area contributed by atoms with Crippen LogP contribution in [0.2, 0.25) is 0 Å². The van der Waals surface area contributed by atoms with Crippen molar-refractivity contribution in [3.8, 4) is 0 Å². The van der Waals surface area contributed by atoms with E-state index < -0.39 is 11.6 Å². The number of carbonyl (C=O) groups excluding carboxylic acids is 1. The number of rotatable bonds is 8. The normalized spacial score (nSPS) is 14.5. The van der Waals surface area contributed by atoms with E-state index in [1.54, 1.807) is 17.0 Å². The Kier molecular flexibility index (Phi) is 9.02. The highest BCUT2D eigenvalue weighted by molar-refractivity contribution is 6.01. The fourth-order valence-corrected chi connectivity index (χ4v) is 5.01. The van der Waals surface area contributed by atoms with Gasteiger partial charge in [0.2, 0.25) is 5.91 Å². The minimum atomic E-state index is -0.721. The largest absolute Gasteiger partial charge is 0.357 e. The Balaban J connectivity index is 1.50. The van der Waals surface area contributed by atoms with Gasteiger partial charge in [-0.3, -0.25) is 4.79 Å². The smallest absolute Gasteiger partial charge is 0.227 e. The van der Waals surface area contributed by atoms with Gasteiger partial charge in [-0.15, -0.1) is 0 Å². The lowest BCUT2D eigenvalue weighted by Crippen LogP contribution is -2.39. The lowest BCUT2D eigenvalue weighted by molar-refractivity contribution is -0.131. The van der Waals surface area contributed by atoms with Crippen molar-refractivity contribution in [3.05, 3.63) is 100 Å². The molecule has 0 aliphatic carbocycles. The number of benzene rings is 2. The van der Waals surface area contributed by atoms with Crippen LogP contribution in [0, 0.1) is 37.2 Å². The highest BCUT2D eigenvalue weighted by Gasteiger charge is 2.29. The number of carbonyl (C=O) groups is 1. The number of halogens is 3. The first-order chi connectivity index (χ1) is 19.0. The van der Waals surface area contributed by atoms with Gasteiger partial charge in [0.15, 0.2) is 5.76 Å². The molecule has 6 nitrogen and oxygen atoms in total. The second-order valence-electron chi connectivity index (χ2n) is 10.3. The number of hydrogen-bond acceptors (Lipinski definition) is 5. The zero-order valence-electron chi connectivity index (χ0n) is 23.2. The first kappa shape index (κ1) is 29.0. The Bertz CT molecular complexity index is 1410. The molecule has 1 saturated heterocycles. The summed E-state index contributed by atoms with van der Waals surface area (Å²) in [6, 6.07) is 9.65. The number of likely N-dealkylation sites (tertiary alicyclic amines) is 1. The van der Waals surface area contributed by atoms with Crippen molar-refractivity contribution in [2.24, 2.45) is 11.1 Å². The molecule has 4 rings (SSSR count). The monoisotopic (exact) mass is 550 g/mol. The van der Waals surface area contributed by atoms with Crippen molar-refractivity contribution in [2.75, 3.05) is 13.1 Å². The summed E-state index contributed by atoms with van der Waals surface area (Å²) in [6.45, 7) is 12.6. The van der Waals surface area contributed by atoms with Gasteiger partial charge in [0.05, 0.1) is 29.1 Å². The highest BCUT2D eigenvalue weighted by Crippen LogP contribution is 2.34. The molecule has 1 fully saturated rings. The first-order valence-corrected chi connectivity index (χ1v) is 13.3. The van der Waals surface area contributed by atoms with E-state index in [0.717, 1.165) is 23.4 Å². The summed E-state index contributed by atoms with van der Waals surface area (Å²) in [7, 11) is 0. The van der Waals surface area contributed by atoms with Gasteiger partial charge in [0.25, 0.3) is 0 Å². The zero-order chi connectivity index (χ0) is 29.0. The second-order valence-corrected chi connectivity index (χ2v) is 10.3. The lowest BCUT2D eigenvalue weighted by Gasteiger charge is -2.33. The number of aryl methyl sites for hydroxylation is 2. The quantitative estimate of drug-likeness (QED) is 0.182. The van der Waals surface area contributed by atoms with Gasteiger partial charge in [-0.2, -0.15) is 0 Å². The maximum atomic E-state index is 14.1. The van der Waals surface area contributed by atoms with Crippen LogP contribution in [0.1, 0.15) is 66.5 Å². The molecule has 0 radical (unpaired) electrons. The summed E-state index contributed by atoms with van der Waals surface area (Å²) in [6.07, 6.45) is 0.893. The molecule has 1 amide bonds. The predicted molar refractivity (Wildman–Crippen MR) is 148 cm³/mol. The molecule has 2 aromatic carbocycles. The zero-order valence-corrected chi connectivity index (χ0v) is 23.2. The molecule has 40 heavy (non-hydrogen) atoms. The van der Waals surface area contributed by atoms with E-state index in [1.807, 2.05) is 27.7 Å². The van der Waals surface area contributed by atoms with Crippen LogP contribution in [0.15, 0.2) is 54.2 Å². The molecule has 1 aliphatic rings. The standard InChI is InChI=1S/C31H33F3N4O2/c1-18(2)30(22-9-11-24(32)12-10-22)37-40-20(4)29-19(3)35-21(5)36-31(29)23-13-15-38(16-14-23)28(39)17-25-26(33)7-6-8-27(25)34/h6-12,18,23H,4,13-17H2,1-3,5H3/b37-30+. The SMILES string of the molecule is C=C(O/N=C(/c1ccc(F)cc1)C(C)C)c1c(C)nc(C)nc1C1CCN(C(=O)Cc2c(F)cccc2F)CC1. The third kappa shape index (κ3) is 6.58. The molecule has 0 N–H and O–H groups in total. The van der Waals surface area contributed by atoms with Gasteiger partial charge in [-0.25, -0.2) is 23.1 Å². The number of amides is 1. The average Bonchev–Trinajstić information content (AvgIpc) is 2.91. The Morgan fingerprint density at radius 1 is 1.05 bits per heavy atom. The number of aromatic nitrogens is 2. The Morgan fingerprint density at radius 3 is 2.27 bits per heavy atom. The van der Waals surface area contributed by atoms with Crippen molar-refractivity contribution in [1.29, 1.82) is 0 Å². The third-order valence-corrected chi connectivity index (χ3v) is 7.07. The molecule has 9 heteroatoms. The van der Waals surface area contributed by atoms with Crippen molar-refractivity contribution in [3.63, 3.8) is 0 Å². The van der Waals surface area contributed by atoms with Crippen LogP contribution < -0.4 is 0 Å². The van der Waals surface area contributed by atoms with Gasteiger partial charge in [-0.05, 0) is 62.4 Å². The maximum Gasteiger partial charge on any atom is 0.227 e. The molecule has 0 bridgehead atoms. The molecule has 0 spiro atoms. The van der Waals surface area contributed by atoms with Gasteiger partial charge in [0, 0.05) is 24.6 Å². The van der Waals surface area contributed by atoms with Crippen LogP contribution in [-0.2, 0) is 16.1 Å². The minimum Gasteiger partial charge on any atom is -0.357 e. The predicted octanol–water partition coefficient (Wildman–Crippen LogP) is 6.51. The Morgan fingerprint density at radius 2 is 1.68 bits per heavy atom. The molecule has 1 aromatic heterocycles. The van der Waals surface area contributed by atoms with Crippen LogP contribution in [0.25, 0.3) is 5.76 Å². The molecule has 1 aliphatic heterocycles. The number of piperidine rings is 1. The van der Waals surface area contributed by atoms with Crippen molar-refractivity contribution < 1.29 is 22.8 Å². The van der Waals surface area contributed by atoms with Gasteiger partial charge in [-0.1, -0.05) is 43.8 Å². The van der Waals surface area contributed by atoms with Crippen molar-refractivity contribution in [1.82, 2.24) is 14.9 Å². The Hall–Kier alpha value is -4.01. The van der Waals surface area contributed by atoms with Crippen LogP contribution in [0.4, 0.5) is 13.2 Å². The van der Waals surface area contributed by atoms with E-state index in [-0.39, 0.29) is 35.5 Å². The van der Waals surface area contributed by atoms with E-state index in [1.165, 1.54) is 18.2 Å². The summed E-state index contributed by atoms with van der Waals surface area (Å²) >= 11 is 0. The van der Waals surface area contributed by atoms with Gasteiger partial charge < -0.3 is 9.74 Å². The van der Waals surface area contributed by atoms with Crippen molar-refractivity contribution >= 4 is 17.4 Å². The summed E-state index contributed by atoms with van der Waals surface area (Å²) in [5.74, 6) is -1.19. The fourth-order valence-electron chi connectivity index (χ4n) is 5.01. The first-order valence-electron chi connectivity index (χ1n) is 13.3. The minimum absolute atomic E-state index is 0.00403.